The van der Waals surface area contributed by atoms with Gasteiger partial charge in [0.1, 0.15) is 5.82 Å². The number of aromatic nitrogens is 2. The lowest BCUT2D eigenvalue weighted by Crippen LogP contribution is -2.37. The summed E-state index contributed by atoms with van der Waals surface area (Å²) in [7, 11) is 0. The number of amides is 1. The molecule has 0 aliphatic heterocycles. The third-order valence-corrected chi connectivity index (χ3v) is 4.43. The Balaban J connectivity index is 2.63. The Kier molecular flexibility index (Phi) is 5.99. The van der Waals surface area contributed by atoms with Gasteiger partial charge in [-0.3, -0.25) is 14.2 Å². The van der Waals surface area contributed by atoms with Crippen LogP contribution in [0, 0.1) is 0 Å². The maximum absolute atomic E-state index is 12.8. The van der Waals surface area contributed by atoms with Gasteiger partial charge < -0.3 is 4.90 Å². The van der Waals surface area contributed by atoms with Gasteiger partial charge in [0.05, 0.1) is 16.9 Å². The lowest BCUT2D eigenvalue weighted by molar-refractivity contribution is -0.133. The quantitative estimate of drug-likeness (QED) is 0.797. The van der Waals surface area contributed by atoms with Gasteiger partial charge in [-0.25, -0.2) is 4.98 Å². The highest BCUT2D eigenvalue weighted by Gasteiger charge is 2.24. The van der Waals surface area contributed by atoms with Crippen molar-refractivity contribution in [3.63, 3.8) is 0 Å². The van der Waals surface area contributed by atoms with Crippen molar-refractivity contribution in [3.8, 4) is 0 Å². The molecule has 0 spiro atoms. The molecule has 0 aliphatic rings. The molecular formula is C18H24ClN3O2. The first-order valence-electron chi connectivity index (χ1n) is 8.43. The molecule has 2 aromatic rings. The van der Waals surface area contributed by atoms with Crippen LogP contribution in [0.25, 0.3) is 10.9 Å². The molecule has 1 atom stereocenters. The minimum absolute atomic E-state index is 0.0671. The van der Waals surface area contributed by atoms with E-state index in [2.05, 4.69) is 4.98 Å². The number of fused-ring (bicyclic) bond motifs is 1. The van der Waals surface area contributed by atoms with Crippen molar-refractivity contribution in [1.82, 2.24) is 14.5 Å². The van der Waals surface area contributed by atoms with Gasteiger partial charge in [0.15, 0.2) is 0 Å². The molecule has 2 rings (SSSR count). The highest BCUT2D eigenvalue weighted by molar-refractivity contribution is 6.31. The van der Waals surface area contributed by atoms with Crippen molar-refractivity contribution in [2.24, 2.45) is 0 Å². The summed E-state index contributed by atoms with van der Waals surface area (Å²) in [5, 5.41) is 1.02. The molecule has 0 fully saturated rings. The highest BCUT2D eigenvalue weighted by Crippen LogP contribution is 2.22. The average Bonchev–Trinajstić information content (AvgIpc) is 2.58. The van der Waals surface area contributed by atoms with Gasteiger partial charge in [-0.1, -0.05) is 25.4 Å². The molecule has 1 aromatic heterocycles. The number of carbonyl (C=O) groups excluding carboxylic acids is 1. The van der Waals surface area contributed by atoms with E-state index >= 15 is 0 Å². The Hall–Kier alpha value is -1.88. The van der Waals surface area contributed by atoms with Crippen LogP contribution in [0.3, 0.4) is 0 Å². The number of rotatable bonds is 6. The molecule has 0 N–H and O–H groups in total. The maximum Gasteiger partial charge on any atom is 0.261 e. The molecule has 0 saturated carbocycles. The van der Waals surface area contributed by atoms with Crippen LogP contribution in [0.2, 0.25) is 5.02 Å². The smallest absolute Gasteiger partial charge is 0.261 e. The number of halogens is 1. The highest BCUT2D eigenvalue weighted by atomic mass is 35.5. The summed E-state index contributed by atoms with van der Waals surface area (Å²) < 4.78 is 1.63. The molecule has 130 valence electrons. The van der Waals surface area contributed by atoms with E-state index in [0.29, 0.717) is 41.3 Å². The predicted octanol–water partition coefficient (Wildman–Crippen LogP) is 3.78. The molecule has 0 bridgehead atoms. The Morgan fingerprint density at radius 2 is 2.04 bits per heavy atom. The van der Waals surface area contributed by atoms with Crippen molar-refractivity contribution < 1.29 is 4.79 Å². The molecule has 0 radical (unpaired) electrons. The van der Waals surface area contributed by atoms with Crippen molar-refractivity contribution in [3.05, 3.63) is 39.4 Å². The first-order chi connectivity index (χ1) is 11.4. The number of benzene rings is 1. The zero-order valence-corrected chi connectivity index (χ0v) is 15.4. The summed E-state index contributed by atoms with van der Waals surface area (Å²) in [6.07, 6.45) is 1.29. The molecule has 1 heterocycles. The first kappa shape index (κ1) is 18.5. The second kappa shape index (κ2) is 7.79. The number of hydrogen-bond acceptors (Lipinski definition) is 3. The van der Waals surface area contributed by atoms with Crippen LogP contribution in [-0.4, -0.2) is 26.9 Å². The van der Waals surface area contributed by atoms with Crippen LogP contribution in [0.1, 0.15) is 52.4 Å². The van der Waals surface area contributed by atoms with Gasteiger partial charge in [-0.2, -0.15) is 0 Å². The van der Waals surface area contributed by atoms with E-state index in [1.54, 1.807) is 27.7 Å². The molecular weight excluding hydrogens is 326 g/mol. The third kappa shape index (κ3) is 3.46. The van der Waals surface area contributed by atoms with E-state index in [0.717, 1.165) is 6.42 Å². The van der Waals surface area contributed by atoms with Gasteiger partial charge in [0, 0.05) is 24.5 Å². The SMILES string of the molecule is CCCN(C(=O)CC)C(C)c1nc2ccc(Cl)cc2c(=O)n1CC. The molecule has 24 heavy (non-hydrogen) atoms. The van der Waals surface area contributed by atoms with E-state index in [9.17, 15) is 9.59 Å². The maximum atomic E-state index is 12.8. The molecule has 1 unspecified atom stereocenters. The first-order valence-corrected chi connectivity index (χ1v) is 8.81. The Bertz CT molecular complexity index is 801. The van der Waals surface area contributed by atoms with Gasteiger partial charge in [-0.05, 0) is 38.5 Å². The third-order valence-electron chi connectivity index (χ3n) is 4.19. The van der Waals surface area contributed by atoms with Gasteiger partial charge in [0.25, 0.3) is 5.56 Å². The van der Waals surface area contributed by atoms with Crippen molar-refractivity contribution in [1.29, 1.82) is 0 Å². The fraction of sp³-hybridized carbons (Fsp3) is 0.500. The minimum Gasteiger partial charge on any atom is -0.333 e. The fourth-order valence-electron chi connectivity index (χ4n) is 2.95. The Morgan fingerprint density at radius 3 is 2.62 bits per heavy atom. The van der Waals surface area contributed by atoms with Crippen LogP contribution in [-0.2, 0) is 11.3 Å². The summed E-state index contributed by atoms with van der Waals surface area (Å²) in [6, 6.07) is 4.86. The molecule has 0 saturated heterocycles. The summed E-state index contributed by atoms with van der Waals surface area (Å²) in [6.45, 7) is 8.85. The molecule has 6 heteroatoms. The normalized spacial score (nSPS) is 12.4. The molecule has 1 amide bonds. The second-order valence-electron chi connectivity index (χ2n) is 5.80. The van der Waals surface area contributed by atoms with Crippen molar-refractivity contribution in [2.75, 3.05) is 6.54 Å². The Labute approximate surface area is 147 Å². The summed E-state index contributed by atoms with van der Waals surface area (Å²) >= 11 is 6.01. The average molecular weight is 350 g/mol. The lowest BCUT2D eigenvalue weighted by Gasteiger charge is -2.30. The Morgan fingerprint density at radius 1 is 1.33 bits per heavy atom. The van der Waals surface area contributed by atoms with E-state index in [1.165, 1.54) is 0 Å². The largest absolute Gasteiger partial charge is 0.333 e. The molecule has 1 aromatic carbocycles. The van der Waals surface area contributed by atoms with Gasteiger partial charge in [-0.15, -0.1) is 0 Å². The monoisotopic (exact) mass is 349 g/mol. The van der Waals surface area contributed by atoms with Crippen LogP contribution >= 0.6 is 11.6 Å². The molecule has 0 aliphatic carbocycles. The summed E-state index contributed by atoms with van der Waals surface area (Å²) in [5.41, 5.74) is 0.489. The lowest BCUT2D eigenvalue weighted by atomic mass is 10.2. The van der Waals surface area contributed by atoms with E-state index in [4.69, 9.17) is 11.6 Å². The standard InChI is InChI=1S/C18H24ClN3O2/c1-5-10-22(16(23)6-2)12(4)17-20-15-9-8-13(19)11-14(15)18(24)21(17)7-3/h8-9,11-12H,5-7,10H2,1-4H3. The zero-order chi connectivity index (χ0) is 17.9. The molecule has 5 nitrogen and oxygen atoms in total. The fourth-order valence-corrected chi connectivity index (χ4v) is 3.12. The van der Waals surface area contributed by atoms with Crippen LogP contribution in [0.5, 0.6) is 0 Å². The van der Waals surface area contributed by atoms with Crippen LogP contribution in [0.4, 0.5) is 0 Å². The summed E-state index contributed by atoms with van der Waals surface area (Å²) in [5.74, 6) is 0.685. The van der Waals surface area contributed by atoms with E-state index in [-0.39, 0.29) is 17.5 Å². The topological polar surface area (TPSA) is 55.2 Å². The van der Waals surface area contributed by atoms with E-state index in [1.807, 2.05) is 27.7 Å². The van der Waals surface area contributed by atoms with Crippen molar-refractivity contribution >= 4 is 28.4 Å². The van der Waals surface area contributed by atoms with Gasteiger partial charge >= 0.3 is 0 Å². The van der Waals surface area contributed by atoms with Crippen LogP contribution < -0.4 is 5.56 Å². The van der Waals surface area contributed by atoms with Crippen molar-refractivity contribution in [2.45, 2.75) is 53.1 Å². The number of nitrogens with zero attached hydrogens (tertiary/aromatic N) is 3. The van der Waals surface area contributed by atoms with Crippen LogP contribution in [0.15, 0.2) is 23.0 Å². The van der Waals surface area contributed by atoms with E-state index < -0.39 is 0 Å². The van der Waals surface area contributed by atoms with Gasteiger partial charge in [0.2, 0.25) is 5.91 Å². The number of carbonyl (C=O) groups is 1. The second-order valence-corrected chi connectivity index (χ2v) is 6.23. The number of hydrogen-bond donors (Lipinski definition) is 0. The minimum atomic E-state index is -0.259. The summed E-state index contributed by atoms with van der Waals surface area (Å²) in [4.78, 5) is 31.6. The zero-order valence-electron chi connectivity index (χ0n) is 14.7. The predicted molar refractivity (Wildman–Crippen MR) is 97.4 cm³/mol.